The minimum atomic E-state index is -0.557. The fraction of sp³-hybridized carbons (Fsp3) is 0.714. The number of nitrogens with one attached hydrogen (secondary N) is 1. The Morgan fingerprint density at radius 1 is 1.60 bits per heavy atom. The lowest BCUT2D eigenvalue weighted by atomic mass is 9.92. The first-order chi connectivity index (χ1) is 9.40. The molecule has 1 amide bonds. The van der Waals surface area contributed by atoms with Crippen LogP contribution in [0.5, 0.6) is 0 Å². The van der Waals surface area contributed by atoms with Gasteiger partial charge in [0.15, 0.2) is 0 Å². The van der Waals surface area contributed by atoms with Crippen molar-refractivity contribution in [3.8, 4) is 0 Å². The molecule has 0 bridgehead atoms. The van der Waals surface area contributed by atoms with Crippen molar-refractivity contribution in [2.75, 3.05) is 6.61 Å². The van der Waals surface area contributed by atoms with Crippen LogP contribution in [0.25, 0.3) is 0 Å². The molecule has 1 fully saturated rings. The Balaban J connectivity index is 2.04. The van der Waals surface area contributed by atoms with Gasteiger partial charge in [-0.2, -0.15) is 0 Å². The van der Waals surface area contributed by atoms with E-state index >= 15 is 0 Å². The number of hydrogen-bond acceptors (Lipinski definition) is 4. The number of imidazole rings is 1. The molecule has 1 aliphatic carbocycles. The maximum absolute atomic E-state index is 11.8. The van der Waals surface area contributed by atoms with Crippen molar-refractivity contribution >= 4 is 6.09 Å². The second-order valence-corrected chi connectivity index (χ2v) is 6.19. The van der Waals surface area contributed by atoms with Crippen molar-refractivity contribution in [2.24, 2.45) is 0 Å². The Morgan fingerprint density at radius 2 is 2.30 bits per heavy atom. The summed E-state index contributed by atoms with van der Waals surface area (Å²) < 4.78 is 7.26. The number of nitrogens with zero attached hydrogens (tertiary/aromatic N) is 2. The van der Waals surface area contributed by atoms with Gasteiger partial charge in [-0.15, -0.1) is 0 Å². The maximum Gasteiger partial charge on any atom is 0.408 e. The Kier molecular flexibility index (Phi) is 4.32. The van der Waals surface area contributed by atoms with Crippen molar-refractivity contribution in [2.45, 2.75) is 57.7 Å². The van der Waals surface area contributed by atoms with Gasteiger partial charge in [0.2, 0.25) is 0 Å². The molecule has 1 aromatic rings. The Hall–Kier alpha value is -1.56. The third-order valence-electron chi connectivity index (χ3n) is 3.39. The van der Waals surface area contributed by atoms with Crippen LogP contribution in [-0.2, 0) is 4.74 Å². The van der Waals surface area contributed by atoms with E-state index in [0.29, 0.717) is 6.04 Å². The molecule has 1 atom stereocenters. The molecule has 20 heavy (non-hydrogen) atoms. The summed E-state index contributed by atoms with van der Waals surface area (Å²) in [6, 6.07) is -0.0602. The highest BCUT2D eigenvalue weighted by atomic mass is 16.6. The molecule has 112 valence electrons. The molecule has 2 N–H and O–H groups in total. The summed E-state index contributed by atoms with van der Waals surface area (Å²) in [5.74, 6) is 0. The summed E-state index contributed by atoms with van der Waals surface area (Å²) in [6.45, 7) is 5.23. The standard InChI is InChI=1S/C14H23N3O3/c1-14(2,3)20-13(19)16-11(8-18)12-7-15-9-17(12)10-5-4-6-10/h7,9-11,18H,4-6,8H2,1-3H3,(H,16,19). The number of rotatable bonds is 4. The topological polar surface area (TPSA) is 76.4 Å². The van der Waals surface area contributed by atoms with E-state index in [1.807, 2.05) is 4.57 Å². The van der Waals surface area contributed by atoms with E-state index in [4.69, 9.17) is 4.74 Å². The van der Waals surface area contributed by atoms with Crippen LogP contribution in [0.1, 0.15) is 57.8 Å². The molecule has 6 heteroatoms. The highest BCUT2D eigenvalue weighted by molar-refractivity contribution is 5.68. The van der Waals surface area contributed by atoms with Crippen LogP contribution >= 0.6 is 0 Å². The molecule has 2 rings (SSSR count). The van der Waals surface area contributed by atoms with E-state index in [0.717, 1.165) is 18.5 Å². The Bertz CT molecular complexity index is 460. The van der Waals surface area contributed by atoms with Crippen molar-refractivity contribution in [1.29, 1.82) is 0 Å². The van der Waals surface area contributed by atoms with E-state index in [9.17, 15) is 9.90 Å². The number of aliphatic hydroxyl groups is 1. The van der Waals surface area contributed by atoms with Gasteiger partial charge in [-0.25, -0.2) is 9.78 Å². The third-order valence-corrected chi connectivity index (χ3v) is 3.39. The number of hydrogen-bond donors (Lipinski definition) is 2. The van der Waals surface area contributed by atoms with Gasteiger partial charge in [-0.1, -0.05) is 0 Å². The quantitative estimate of drug-likeness (QED) is 0.886. The van der Waals surface area contributed by atoms with Crippen molar-refractivity contribution < 1.29 is 14.6 Å². The monoisotopic (exact) mass is 281 g/mol. The largest absolute Gasteiger partial charge is 0.444 e. The highest BCUT2D eigenvalue weighted by Crippen LogP contribution is 2.33. The van der Waals surface area contributed by atoms with E-state index in [2.05, 4.69) is 10.3 Å². The minimum absolute atomic E-state index is 0.183. The first kappa shape index (κ1) is 14.8. The normalized spacial score (nSPS) is 17.4. The predicted octanol–water partition coefficient (Wildman–Crippen LogP) is 2.17. The lowest BCUT2D eigenvalue weighted by Gasteiger charge is -2.30. The molecule has 1 unspecified atom stereocenters. The predicted molar refractivity (Wildman–Crippen MR) is 74.3 cm³/mol. The van der Waals surface area contributed by atoms with Gasteiger partial charge in [0, 0.05) is 6.04 Å². The average Bonchev–Trinajstić information content (AvgIpc) is 2.69. The van der Waals surface area contributed by atoms with Gasteiger partial charge in [-0.3, -0.25) is 0 Å². The summed E-state index contributed by atoms with van der Waals surface area (Å²) in [4.78, 5) is 15.9. The molecule has 0 aromatic carbocycles. The van der Waals surface area contributed by atoms with Gasteiger partial charge in [0.25, 0.3) is 0 Å². The molecule has 1 heterocycles. The van der Waals surface area contributed by atoms with Crippen LogP contribution in [0.2, 0.25) is 0 Å². The van der Waals surface area contributed by atoms with E-state index in [1.54, 1.807) is 33.3 Å². The number of carbonyl (C=O) groups is 1. The molecule has 1 saturated carbocycles. The van der Waals surface area contributed by atoms with Crippen molar-refractivity contribution in [3.05, 3.63) is 18.2 Å². The zero-order chi connectivity index (χ0) is 14.8. The van der Waals surface area contributed by atoms with Crippen LogP contribution in [0.4, 0.5) is 4.79 Å². The zero-order valence-corrected chi connectivity index (χ0v) is 12.3. The van der Waals surface area contributed by atoms with Crippen molar-refractivity contribution in [3.63, 3.8) is 0 Å². The van der Waals surface area contributed by atoms with Gasteiger partial charge >= 0.3 is 6.09 Å². The second-order valence-electron chi connectivity index (χ2n) is 6.19. The van der Waals surface area contributed by atoms with Crippen LogP contribution in [0.15, 0.2) is 12.5 Å². The van der Waals surface area contributed by atoms with Gasteiger partial charge in [0.1, 0.15) is 5.60 Å². The molecule has 1 aliphatic rings. The SMILES string of the molecule is CC(C)(C)OC(=O)NC(CO)c1cncn1C1CCC1. The fourth-order valence-corrected chi connectivity index (χ4v) is 2.22. The molecular weight excluding hydrogens is 258 g/mol. The lowest BCUT2D eigenvalue weighted by Crippen LogP contribution is -2.37. The smallest absolute Gasteiger partial charge is 0.408 e. The molecule has 0 saturated heterocycles. The molecule has 0 aliphatic heterocycles. The summed E-state index contributed by atoms with van der Waals surface area (Å²) in [6.07, 6.45) is 6.38. The minimum Gasteiger partial charge on any atom is -0.444 e. The second kappa shape index (κ2) is 5.83. The van der Waals surface area contributed by atoms with Crippen molar-refractivity contribution in [1.82, 2.24) is 14.9 Å². The average molecular weight is 281 g/mol. The summed E-state index contributed by atoms with van der Waals surface area (Å²) >= 11 is 0. The van der Waals surface area contributed by atoms with Crippen LogP contribution in [0, 0.1) is 0 Å². The summed E-state index contributed by atoms with van der Waals surface area (Å²) in [5, 5.41) is 12.2. The first-order valence-electron chi connectivity index (χ1n) is 7.03. The Labute approximate surface area is 119 Å². The third kappa shape index (κ3) is 3.50. The number of amides is 1. The number of ether oxygens (including phenoxy) is 1. The number of aromatic nitrogens is 2. The summed E-state index contributed by atoms with van der Waals surface area (Å²) in [5.41, 5.74) is 0.265. The van der Waals surface area contributed by atoms with Crippen LogP contribution in [-0.4, -0.2) is 33.0 Å². The number of alkyl carbamates (subject to hydrolysis) is 1. The zero-order valence-electron chi connectivity index (χ0n) is 12.3. The lowest BCUT2D eigenvalue weighted by molar-refractivity contribution is 0.0477. The first-order valence-corrected chi connectivity index (χ1v) is 7.03. The number of carbonyl (C=O) groups excluding carboxylic acids is 1. The molecule has 6 nitrogen and oxygen atoms in total. The Morgan fingerprint density at radius 3 is 2.80 bits per heavy atom. The van der Waals surface area contributed by atoms with Crippen LogP contribution in [0.3, 0.4) is 0 Å². The highest BCUT2D eigenvalue weighted by Gasteiger charge is 2.26. The molecule has 1 aromatic heterocycles. The molecular formula is C14H23N3O3. The van der Waals surface area contributed by atoms with Gasteiger partial charge in [-0.05, 0) is 40.0 Å². The van der Waals surface area contributed by atoms with E-state index in [1.165, 1.54) is 6.42 Å². The maximum atomic E-state index is 11.8. The fourth-order valence-electron chi connectivity index (χ4n) is 2.22. The van der Waals surface area contributed by atoms with Gasteiger partial charge < -0.3 is 19.7 Å². The molecule has 0 radical (unpaired) electrons. The molecule has 0 spiro atoms. The van der Waals surface area contributed by atoms with Crippen LogP contribution < -0.4 is 5.32 Å². The summed E-state index contributed by atoms with van der Waals surface area (Å²) in [7, 11) is 0. The number of aliphatic hydroxyl groups excluding tert-OH is 1. The van der Waals surface area contributed by atoms with Gasteiger partial charge in [0.05, 0.1) is 30.9 Å². The van der Waals surface area contributed by atoms with E-state index < -0.39 is 17.7 Å². The van der Waals surface area contributed by atoms with E-state index in [-0.39, 0.29) is 6.61 Å².